The SMILES string of the molecule is Brc1ccc(-c2nc(-c3ccc4c(c3)oc3ccccc34)nc(-c3cccc4c3oc3ccccc34)n2)cc1. The molecule has 0 aliphatic carbocycles. The lowest BCUT2D eigenvalue weighted by atomic mass is 10.1. The summed E-state index contributed by atoms with van der Waals surface area (Å²) in [5, 5.41) is 4.23. The van der Waals surface area contributed by atoms with Gasteiger partial charge in [0.1, 0.15) is 22.3 Å². The van der Waals surface area contributed by atoms with E-state index in [0.29, 0.717) is 17.5 Å². The van der Waals surface area contributed by atoms with Crippen LogP contribution in [-0.2, 0) is 0 Å². The van der Waals surface area contributed by atoms with Crippen molar-refractivity contribution >= 4 is 59.8 Å². The van der Waals surface area contributed by atoms with E-state index in [9.17, 15) is 0 Å². The molecule has 0 aliphatic heterocycles. The van der Waals surface area contributed by atoms with Gasteiger partial charge in [0.15, 0.2) is 17.5 Å². The number of fused-ring (bicyclic) bond motifs is 6. The summed E-state index contributed by atoms with van der Waals surface area (Å²) >= 11 is 3.53. The first-order chi connectivity index (χ1) is 19.2. The van der Waals surface area contributed by atoms with E-state index in [-0.39, 0.29) is 0 Å². The number of halogens is 1. The highest BCUT2D eigenvalue weighted by molar-refractivity contribution is 9.10. The van der Waals surface area contributed by atoms with Crippen molar-refractivity contribution in [3.8, 4) is 34.2 Å². The number of hydrogen-bond acceptors (Lipinski definition) is 5. The molecule has 0 radical (unpaired) electrons. The fraction of sp³-hybridized carbons (Fsp3) is 0. The Bertz CT molecular complexity index is 2200. The Morgan fingerprint density at radius 1 is 0.462 bits per heavy atom. The summed E-state index contributed by atoms with van der Waals surface area (Å²) < 4.78 is 13.5. The highest BCUT2D eigenvalue weighted by Gasteiger charge is 2.18. The maximum atomic E-state index is 6.31. The lowest BCUT2D eigenvalue weighted by molar-refractivity contribution is 0.668. The van der Waals surface area contributed by atoms with Crippen LogP contribution in [0.5, 0.6) is 0 Å². The van der Waals surface area contributed by atoms with E-state index in [1.54, 1.807) is 0 Å². The van der Waals surface area contributed by atoms with Crippen molar-refractivity contribution in [3.05, 3.63) is 114 Å². The number of nitrogens with zero attached hydrogens (tertiary/aromatic N) is 3. The molecule has 0 spiro atoms. The number of benzene rings is 5. The van der Waals surface area contributed by atoms with Gasteiger partial charge < -0.3 is 8.83 Å². The minimum atomic E-state index is 0.548. The molecule has 8 aromatic rings. The Labute approximate surface area is 230 Å². The zero-order chi connectivity index (χ0) is 25.9. The Morgan fingerprint density at radius 2 is 1.05 bits per heavy atom. The van der Waals surface area contributed by atoms with Crippen LogP contribution in [0, 0.1) is 0 Å². The van der Waals surface area contributed by atoms with Gasteiger partial charge in [0, 0.05) is 37.1 Å². The number of furan rings is 2. The van der Waals surface area contributed by atoms with Gasteiger partial charge in [0.2, 0.25) is 0 Å². The maximum absolute atomic E-state index is 6.31. The fourth-order valence-corrected chi connectivity index (χ4v) is 5.41. The normalized spacial score (nSPS) is 11.7. The van der Waals surface area contributed by atoms with Crippen LogP contribution >= 0.6 is 15.9 Å². The van der Waals surface area contributed by atoms with Crippen molar-refractivity contribution in [3.63, 3.8) is 0 Å². The number of para-hydroxylation sites is 3. The molecule has 0 N–H and O–H groups in total. The topological polar surface area (TPSA) is 65.0 Å². The van der Waals surface area contributed by atoms with Crippen LogP contribution in [0.25, 0.3) is 78.0 Å². The van der Waals surface area contributed by atoms with Crippen molar-refractivity contribution < 1.29 is 8.83 Å². The predicted molar refractivity (Wildman–Crippen MR) is 158 cm³/mol. The van der Waals surface area contributed by atoms with Crippen molar-refractivity contribution in [1.82, 2.24) is 15.0 Å². The minimum Gasteiger partial charge on any atom is -0.456 e. The summed E-state index contributed by atoms with van der Waals surface area (Å²) in [7, 11) is 0. The molecule has 0 fully saturated rings. The highest BCUT2D eigenvalue weighted by atomic mass is 79.9. The number of aromatic nitrogens is 3. The molecule has 5 aromatic carbocycles. The summed E-state index contributed by atoms with van der Waals surface area (Å²) in [4.78, 5) is 14.8. The summed E-state index contributed by atoms with van der Waals surface area (Å²) in [6.45, 7) is 0. The minimum absolute atomic E-state index is 0.548. The Kier molecular flexibility index (Phi) is 4.90. The molecule has 184 valence electrons. The van der Waals surface area contributed by atoms with E-state index in [2.05, 4.69) is 40.2 Å². The molecule has 3 heterocycles. The summed E-state index contributed by atoms with van der Waals surface area (Å²) in [5.41, 5.74) is 5.79. The maximum Gasteiger partial charge on any atom is 0.167 e. The molecule has 0 aliphatic rings. The van der Waals surface area contributed by atoms with Crippen LogP contribution in [-0.4, -0.2) is 15.0 Å². The van der Waals surface area contributed by atoms with E-state index < -0.39 is 0 Å². The van der Waals surface area contributed by atoms with E-state index in [1.165, 1.54) is 0 Å². The first-order valence-corrected chi connectivity index (χ1v) is 13.3. The monoisotopic (exact) mass is 567 g/mol. The second kappa shape index (κ2) is 8.61. The molecule has 39 heavy (non-hydrogen) atoms. The molecule has 0 unspecified atom stereocenters. The summed E-state index contributed by atoms with van der Waals surface area (Å²) in [6.07, 6.45) is 0. The van der Waals surface area contributed by atoms with Crippen molar-refractivity contribution in [2.45, 2.75) is 0 Å². The third kappa shape index (κ3) is 3.64. The quantitative estimate of drug-likeness (QED) is 0.212. The average Bonchev–Trinajstić information content (AvgIpc) is 3.55. The number of hydrogen-bond donors (Lipinski definition) is 0. The smallest absolute Gasteiger partial charge is 0.167 e. The van der Waals surface area contributed by atoms with Gasteiger partial charge in [-0.1, -0.05) is 82.7 Å². The van der Waals surface area contributed by atoms with Gasteiger partial charge in [-0.15, -0.1) is 0 Å². The molecule has 8 rings (SSSR count). The predicted octanol–water partition coefficient (Wildman–Crippen LogP) is 9.43. The molecule has 6 heteroatoms. The summed E-state index contributed by atoms with van der Waals surface area (Å²) in [5.74, 6) is 1.70. The second-order valence-corrected chi connectivity index (χ2v) is 10.3. The molecule has 0 amide bonds. The first-order valence-electron chi connectivity index (χ1n) is 12.6. The van der Waals surface area contributed by atoms with E-state index in [0.717, 1.165) is 65.0 Å². The van der Waals surface area contributed by atoms with E-state index in [4.69, 9.17) is 23.8 Å². The highest BCUT2D eigenvalue weighted by Crippen LogP contribution is 2.36. The van der Waals surface area contributed by atoms with Crippen LogP contribution in [0.4, 0.5) is 0 Å². The molecule has 5 nitrogen and oxygen atoms in total. The standard InChI is InChI=1S/C33H18BrN3O2/c34-21-15-12-19(13-16-21)31-35-32(20-14-17-24-22-6-1-3-10-27(22)38-29(24)18-20)37-33(36-31)26-9-5-8-25-23-7-2-4-11-28(23)39-30(25)26/h1-18H. The zero-order valence-electron chi connectivity index (χ0n) is 20.4. The van der Waals surface area contributed by atoms with Gasteiger partial charge in [-0.3, -0.25) is 0 Å². The molecule has 0 atom stereocenters. The second-order valence-electron chi connectivity index (χ2n) is 9.40. The Balaban J connectivity index is 1.37. The fourth-order valence-electron chi connectivity index (χ4n) is 5.14. The van der Waals surface area contributed by atoms with Gasteiger partial charge in [0.25, 0.3) is 0 Å². The van der Waals surface area contributed by atoms with Crippen LogP contribution in [0.15, 0.2) is 123 Å². The van der Waals surface area contributed by atoms with Gasteiger partial charge in [0.05, 0.1) is 5.56 Å². The Hall–Kier alpha value is -4.81. The Morgan fingerprint density at radius 3 is 1.85 bits per heavy atom. The lowest BCUT2D eigenvalue weighted by Crippen LogP contribution is -2.00. The van der Waals surface area contributed by atoms with Crippen molar-refractivity contribution in [2.24, 2.45) is 0 Å². The largest absolute Gasteiger partial charge is 0.456 e. The van der Waals surface area contributed by atoms with Crippen molar-refractivity contribution in [1.29, 1.82) is 0 Å². The molecule has 0 bridgehead atoms. The third-order valence-electron chi connectivity index (χ3n) is 7.02. The van der Waals surface area contributed by atoms with Gasteiger partial charge >= 0.3 is 0 Å². The van der Waals surface area contributed by atoms with Crippen molar-refractivity contribution in [2.75, 3.05) is 0 Å². The third-order valence-corrected chi connectivity index (χ3v) is 7.55. The van der Waals surface area contributed by atoms with Crippen LogP contribution in [0.3, 0.4) is 0 Å². The average molecular weight is 568 g/mol. The van der Waals surface area contributed by atoms with Gasteiger partial charge in [-0.2, -0.15) is 0 Å². The van der Waals surface area contributed by atoms with Gasteiger partial charge in [-0.25, -0.2) is 15.0 Å². The lowest BCUT2D eigenvalue weighted by Gasteiger charge is -2.09. The van der Waals surface area contributed by atoms with E-state index in [1.807, 2.05) is 84.9 Å². The molecule has 3 aromatic heterocycles. The zero-order valence-corrected chi connectivity index (χ0v) is 22.0. The first kappa shape index (κ1) is 22.2. The van der Waals surface area contributed by atoms with E-state index >= 15 is 0 Å². The van der Waals surface area contributed by atoms with Crippen LogP contribution < -0.4 is 0 Å². The number of rotatable bonds is 3. The molecular formula is C33H18BrN3O2. The summed E-state index contributed by atoms with van der Waals surface area (Å²) in [6, 6.07) is 36.3. The van der Waals surface area contributed by atoms with Crippen LogP contribution in [0.2, 0.25) is 0 Å². The van der Waals surface area contributed by atoms with Crippen LogP contribution in [0.1, 0.15) is 0 Å². The molecule has 0 saturated heterocycles. The molecular weight excluding hydrogens is 550 g/mol. The van der Waals surface area contributed by atoms with Gasteiger partial charge in [-0.05, 0) is 42.5 Å². The molecule has 0 saturated carbocycles.